The van der Waals surface area contributed by atoms with Gasteiger partial charge in [-0.3, -0.25) is 4.98 Å². The van der Waals surface area contributed by atoms with Crippen LogP contribution in [0.25, 0.3) is 0 Å². The first-order valence-corrected chi connectivity index (χ1v) is 9.62. The number of rotatable bonds is 7. The van der Waals surface area contributed by atoms with E-state index in [1.54, 1.807) is 18.5 Å². The van der Waals surface area contributed by atoms with E-state index in [2.05, 4.69) is 23.2 Å². The van der Waals surface area contributed by atoms with Crippen molar-refractivity contribution in [3.8, 4) is 5.75 Å². The molecule has 1 fully saturated rings. The summed E-state index contributed by atoms with van der Waals surface area (Å²) in [6, 6.07) is 8.27. The Bertz CT molecular complexity index is 798. The highest BCUT2D eigenvalue weighted by atomic mass is 16.5. The predicted molar refractivity (Wildman–Crippen MR) is 99.9 cm³/mol. The number of ether oxygens (including phenoxy) is 1. The maximum absolute atomic E-state index is 11.4. The van der Waals surface area contributed by atoms with Crippen LogP contribution in [-0.4, -0.2) is 22.7 Å². The van der Waals surface area contributed by atoms with Crippen molar-refractivity contribution in [3.05, 3.63) is 58.9 Å². The van der Waals surface area contributed by atoms with Gasteiger partial charge in [0.2, 0.25) is 0 Å². The van der Waals surface area contributed by atoms with Gasteiger partial charge < -0.3 is 9.84 Å². The van der Waals surface area contributed by atoms with E-state index in [-0.39, 0.29) is 0 Å². The lowest BCUT2D eigenvalue weighted by atomic mass is 9.86. The third-order valence-corrected chi connectivity index (χ3v) is 5.68. The average molecular weight is 351 g/mol. The molecule has 1 aromatic carbocycles. The lowest BCUT2D eigenvalue weighted by Crippen LogP contribution is -2.15. The second-order valence-corrected chi connectivity index (χ2v) is 7.56. The van der Waals surface area contributed by atoms with Crippen molar-refractivity contribution in [2.75, 3.05) is 6.61 Å². The molecule has 2 aliphatic rings. The van der Waals surface area contributed by atoms with Crippen LogP contribution in [0, 0.1) is 5.92 Å². The van der Waals surface area contributed by atoms with Crippen LogP contribution in [0.15, 0.2) is 36.7 Å². The molecule has 4 rings (SSSR count). The highest BCUT2D eigenvalue weighted by molar-refractivity contribution is 5.89. The van der Waals surface area contributed by atoms with Gasteiger partial charge >= 0.3 is 5.97 Å². The topological polar surface area (TPSA) is 59.4 Å². The highest BCUT2D eigenvalue weighted by Gasteiger charge is 2.24. The van der Waals surface area contributed by atoms with Crippen LogP contribution >= 0.6 is 0 Å². The first-order chi connectivity index (χ1) is 12.7. The molecule has 1 unspecified atom stereocenters. The number of hydrogen-bond donors (Lipinski definition) is 1. The molecule has 0 amide bonds. The molecule has 4 nitrogen and oxygen atoms in total. The number of carboxylic acid groups (broad SMARTS) is 1. The number of nitrogens with zero attached hydrogens (tertiary/aromatic N) is 1. The van der Waals surface area contributed by atoms with Gasteiger partial charge in [-0.1, -0.05) is 25.0 Å². The third-order valence-electron chi connectivity index (χ3n) is 5.68. The van der Waals surface area contributed by atoms with Gasteiger partial charge in [0.1, 0.15) is 5.75 Å². The molecular weight excluding hydrogens is 326 g/mol. The molecule has 1 atom stereocenters. The van der Waals surface area contributed by atoms with Crippen molar-refractivity contribution in [1.82, 2.24) is 4.98 Å². The average Bonchev–Trinajstić information content (AvgIpc) is 3.49. The van der Waals surface area contributed by atoms with E-state index in [0.29, 0.717) is 11.5 Å². The van der Waals surface area contributed by atoms with Crippen LogP contribution in [-0.2, 0) is 12.8 Å². The van der Waals surface area contributed by atoms with E-state index in [9.17, 15) is 9.90 Å². The Balaban J connectivity index is 1.45. The summed E-state index contributed by atoms with van der Waals surface area (Å²) < 4.78 is 5.92. The summed E-state index contributed by atoms with van der Waals surface area (Å²) in [5.74, 6) is 1.51. The van der Waals surface area contributed by atoms with E-state index in [1.807, 2.05) is 0 Å². The predicted octanol–water partition coefficient (Wildman–Crippen LogP) is 4.62. The van der Waals surface area contributed by atoms with Crippen LogP contribution in [0.2, 0.25) is 0 Å². The number of fused-ring (bicyclic) bond motifs is 1. The molecule has 1 aliphatic carbocycles. The van der Waals surface area contributed by atoms with Crippen molar-refractivity contribution in [1.29, 1.82) is 0 Å². The van der Waals surface area contributed by atoms with Crippen LogP contribution in [0.3, 0.4) is 0 Å². The van der Waals surface area contributed by atoms with E-state index in [4.69, 9.17) is 4.74 Å². The number of aromatic nitrogens is 1. The van der Waals surface area contributed by atoms with Gasteiger partial charge in [0.05, 0.1) is 12.2 Å². The van der Waals surface area contributed by atoms with Crippen LogP contribution in [0.1, 0.15) is 65.1 Å². The Morgan fingerprint density at radius 1 is 1.15 bits per heavy atom. The summed E-state index contributed by atoms with van der Waals surface area (Å²) in [7, 11) is 0. The standard InChI is InChI=1S/C22H25NO3/c24-22(25)20-9-11-23-14-18(20)7-6-17-10-12-26-21-13-16(5-8-19(17)21)4-3-15-1-2-15/h5,8-9,11,13-15,17H,1-4,6-7,10,12H2,(H,24,25). The van der Waals surface area contributed by atoms with Crippen LogP contribution in [0.4, 0.5) is 0 Å². The Labute approximate surface area is 154 Å². The molecule has 4 heteroatoms. The van der Waals surface area contributed by atoms with Crippen LogP contribution < -0.4 is 4.74 Å². The minimum absolute atomic E-state index is 0.364. The molecule has 2 heterocycles. The molecule has 0 radical (unpaired) electrons. The molecule has 0 saturated heterocycles. The number of pyridine rings is 1. The van der Waals surface area contributed by atoms with Crippen molar-refractivity contribution in [3.63, 3.8) is 0 Å². The molecular formula is C22H25NO3. The van der Waals surface area contributed by atoms with E-state index in [0.717, 1.165) is 49.5 Å². The summed E-state index contributed by atoms with van der Waals surface area (Å²) in [6.45, 7) is 0.739. The molecule has 136 valence electrons. The van der Waals surface area contributed by atoms with Crippen molar-refractivity contribution in [2.45, 2.75) is 50.9 Å². The fourth-order valence-corrected chi connectivity index (χ4v) is 3.91. The van der Waals surface area contributed by atoms with Crippen molar-refractivity contribution in [2.24, 2.45) is 5.92 Å². The second kappa shape index (κ2) is 7.48. The molecule has 1 saturated carbocycles. The number of carboxylic acids is 1. The minimum Gasteiger partial charge on any atom is -0.493 e. The minimum atomic E-state index is -0.880. The lowest BCUT2D eigenvalue weighted by molar-refractivity contribution is 0.0695. The second-order valence-electron chi connectivity index (χ2n) is 7.56. The van der Waals surface area contributed by atoms with Gasteiger partial charge in [-0.25, -0.2) is 4.79 Å². The Morgan fingerprint density at radius 3 is 2.85 bits per heavy atom. The number of benzene rings is 1. The van der Waals surface area contributed by atoms with Crippen LogP contribution in [0.5, 0.6) is 5.75 Å². The first-order valence-electron chi connectivity index (χ1n) is 9.62. The Kier molecular flexibility index (Phi) is 4.91. The lowest BCUT2D eigenvalue weighted by Gasteiger charge is -2.26. The summed E-state index contributed by atoms with van der Waals surface area (Å²) in [5.41, 5.74) is 3.82. The maximum Gasteiger partial charge on any atom is 0.336 e. The SMILES string of the molecule is O=C(O)c1ccncc1CCC1CCOc2cc(CCC3CC3)ccc21. The number of aryl methyl sites for hydroxylation is 2. The largest absolute Gasteiger partial charge is 0.493 e. The molecule has 0 bridgehead atoms. The molecule has 26 heavy (non-hydrogen) atoms. The Hall–Kier alpha value is -2.36. The van der Waals surface area contributed by atoms with E-state index < -0.39 is 5.97 Å². The maximum atomic E-state index is 11.4. The zero-order chi connectivity index (χ0) is 17.9. The fraction of sp³-hybridized carbons (Fsp3) is 0.455. The normalized spacial score (nSPS) is 18.8. The quantitative estimate of drug-likeness (QED) is 0.790. The van der Waals surface area contributed by atoms with Gasteiger partial charge in [0, 0.05) is 12.4 Å². The monoisotopic (exact) mass is 351 g/mol. The first kappa shape index (κ1) is 17.1. The van der Waals surface area contributed by atoms with E-state index >= 15 is 0 Å². The summed E-state index contributed by atoms with van der Waals surface area (Å²) in [5, 5.41) is 9.34. The summed E-state index contributed by atoms with van der Waals surface area (Å²) in [6.07, 6.45) is 11.1. The highest BCUT2D eigenvalue weighted by Crippen LogP contribution is 2.38. The van der Waals surface area contributed by atoms with Gasteiger partial charge in [0.15, 0.2) is 0 Å². The molecule has 0 spiro atoms. The van der Waals surface area contributed by atoms with Crippen molar-refractivity contribution < 1.29 is 14.6 Å². The molecule has 1 aliphatic heterocycles. The summed E-state index contributed by atoms with van der Waals surface area (Å²) in [4.78, 5) is 15.5. The Morgan fingerprint density at radius 2 is 2.04 bits per heavy atom. The fourth-order valence-electron chi connectivity index (χ4n) is 3.91. The van der Waals surface area contributed by atoms with Crippen molar-refractivity contribution >= 4 is 5.97 Å². The molecule has 1 aromatic heterocycles. The van der Waals surface area contributed by atoms with Gasteiger partial charge in [-0.2, -0.15) is 0 Å². The molecule has 1 N–H and O–H groups in total. The summed E-state index contributed by atoms with van der Waals surface area (Å²) >= 11 is 0. The van der Waals surface area contributed by atoms with E-state index in [1.165, 1.54) is 30.4 Å². The smallest absolute Gasteiger partial charge is 0.336 e. The number of hydrogen-bond acceptors (Lipinski definition) is 3. The molecule has 2 aromatic rings. The van der Waals surface area contributed by atoms with Gasteiger partial charge in [-0.15, -0.1) is 0 Å². The van der Waals surface area contributed by atoms with Gasteiger partial charge in [-0.05, 0) is 72.8 Å². The third kappa shape index (κ3) is 3.90. The number of carbonyl (C=O) groups is 1. The van der Waals surface area contributed by atoms with Gasteiger partial charge in [0.25, 0.3) is 0 Å². The zero-order valence-electron chi connectivity index (χ0n) is 15.0. The number of aromatic carboxylic acids is 1. The zero-order valence-corrected chi connectivity index (χ0v) is 15.0.